The smallest absolute Gasteiger partial charge is 0.348 e. The molecule has 0 aliphatic heterocycles. The molecule has 0 aliphatic rings. The summed E-state index contributed by atoms with van der Waals surface area (Å²) in [5.74, 6) is 0.978. The highest BCUT2D eigenvalue weighted by Crippen LogP contribution is 2.33. The maximum Gasteiger partial charge on any atom is 0.348 e. The normalized spacial score (nSPS) is 13.7. The summed E-state index contributed by atoms with van der Waals surface area (Å²) in [5.41, 5.74) is 2.25. The maximum absolute atomic E-state index is 12.8. The van der Waals surface area contributed by atoms with Gasteiger partial charge in [-0.25, -0.2) is 0 Å². The number of anilines is 1. The summed E-state index contributed by atoms with van der Waals surface area (Å²) in [7, 11) is -1.91. The quantitative estimate of drug-likeness (QED) is 0.790. The zero-order chi connectivity index (χ0) is 17.2. The third kappa shape index (κ3) is 3.53. The van der Waals surface area contributed by atoms with Crippen molar-refractivity contribution >= 4 is 16.2 Å². The van der Waals surface area contributed by atoms with Gasteiger partial charge in [0.05, 0.1) is 19.9 Å². The summed E-state index contributed by atoms with van der Waals surface area (Å²) >= 11 is 0. The van der Waals surface area contributed by atoms with Gasteiger partial charge in [0, 0.05) is 11.1 Å². The highest BCUT2D eigenvalue weighted by molar-refractivity contribution is 7.99. The SMILES string of the molecule is CCCn1ncc(N[S+](=O)(O)c2c(C)cc(OC)c(C)c2C)n1. The minimum Gasteiger partial charge on any atom is -0.496 e. The molecular weight excluding hydrogens is 316 g/mol. The van der Waals surface area contributed by atoms with E-state index in [0.717, 1.165) is 17.5 Å². The van der Waals surface area contributed by atoms with Gasteiger partial charge in [0.15, 0.2) is 0 Å². The molecule has 1 aromatic heterocycles. The van der Waals surface area contributed by atoms with Crippen LogP contribution in [-0.2, 0) is 21.2 Å². The van der Waals surface area contributed by atoms with Gasteiger partial charge in [-0.15, -0.1) is 5.10 Å². The van der Waals surface area contributed by atoms with Gasteiger partial charge >= 0.3 is 10.4 Å². The second-order valence-electron chi connectivity index (χ2n) is 5.43. The predicted octanol–water partition coefficient (Wildman–Crippen LogP) is 2.98. The van der Waals surface area contributed by atoms with Gasteiger partial charge in [0.2, 0.25) is 10.7 Å². The Kier molecular flexibility index (Phi) is 5.06. The first kappa shape index (κ1) is 17.4. The molecule has 0 saturated heterocycles. The van der Waals surface area contributed by atoms with Gasteiger partial charge in [-0.3, -0.25) is 0 Å². The van der Waals surface area contributed by atoms with Crippen LogP contribution in [0.1, 0.15) is 30.0 Å². The molecule has 2 aromatic rings. The highest BCUT2D eigenvalue weighted by Gasteiger charge is 2.36. The number of aromatic nitrogens is 3. The van der Waals surface area contributed by atoms with Crippen LogP contribution in [-0.4, -0.2) is 26.7 Å². The van der Waals surface area contributed by atoms with Gasteiger partial charge < -0.3 is 4.74 Å². The molecule has 0 bridgehead atoms. The Morgan fingerprint density at radius 3 is 2.65 bits per heavy atom. The number of methoxy groups -OCH3 is 1. The lowest BCUT2D eigenvalue weighted by Gasteiger charge is -2.14. The first-order chi connectivity index (χ1) is 10.8. The molecule has 1 aromatic carbocycles. The molecule has 7 nitrogen and oxygen atoms in total. The molecule has 0 radical (unpaired) electrons. The molecule has 0 fully saturated rings. The average molecular weight is 339 g/mol. The molecule has 0 spiro atoms. The highest BCUT2D eigenvalue weighted by atomic mass is 32.3. The van der Waals surface area contributed by atoms with Gasteiger partial charge in [-0.05, 0) is 43.0 Å². The van der Waals surface area contributed by atoms with Crippen LogP contribution in [0.2, 0.25) is 0 Å². The second kappa shape index (κ2) is 6.67. The van der Waals surface area contributed by atoms with Crippen molar-refractivity contribution in [3.05, 3.63) is 29.0 Å². The summed E-state index contributed by atoms with van der Waals surface area (Å²) < 4.78 is 31.3. The van der Waals surface area contributed by atoms with E-state index in [9.17, 15) is 8.76 Å². The number of aryl methyl sites for hydroxylation is 2. The molecular formula is C15H23N4O3S+. The number of benzene rings is 1. The Morgan fingerprint density at radius 2 is 2.04 bits per heavy atom. The number of nitrogens with one attached hydrogen (secondary N) is 1. The molecule has 1 heterocycles. The van der Waals surface area contributed by atoms with E-state index in [4.69, 9.17) is 4.74 Å². The zero-order valence-electron chi connectivity index (χ0n) is 14.1. The number of rotatable bonds is 6. The van der Waals surface area contributed by atoms with Crippen LogP contribution in [0.5, 0.6) is 5.75 Å². The summed E-state index contributed by atoms with van der Waals surface area (Å²) in [6.45, 7) is 8.14. The van der Waals surface area contributed by atoms with E-state index in [-0.39, 0.29) is 5.82 Å². The first-order valence-corrected chi connectivity index (χ1v) is 8.91. The van der Waals surface area contributed by atoms with Gasteiger partial charge in [0.25, 0.3) is 0 Å². The largest absolute Gasteiger partial charge is 0.496 e. The van der Waals surface area contributed by atoms with Crippen molar-refractivity contribution in [1.29, 1.82) is 0 Å². The Hall–Kier alpha value is -1.93. The van der Waals surface area contributed by atoms with Crippen molar-refractivity contribution in [3.8, 4) is 5.75 Å². The maximum atomic E-state index is 12.8. The lowest BCUT2D eigenvalue weighted by Crippen LogP contribution is -2.23. The van der Waals surface area contributed by atoms with E-state index in [1.165, 1.54) is 11.0 Å². The first-order valence-electron chi connectivity index (χ1n) is 7.39. The van der Waals surface area contributed by atoms with Crippen LogP contribution in [0.4, 0.5) is 5.82 Å². The zero-order valence-corrected chi connectivity index (χ0v) is 14.9. The number of ether oxygens (including phenoxy) is 1. The van der Waals surface area contributed by atoms with Crippen molar-refractivity contribution in [2.24, 2.45) is 0 Å². The Morgan fingerprint density at radius 1 is 1.35 bits per heavy atom. The van der Waals surface area contributed by atoms with Gasteiger partial charge in [0.1, 0.15) is 5.75 Å². The monoisotopic (exact) mass is 339 g/mol. The summed E-state index contributed by atoms with van der Waals surface area (Å²) in [5, 5.41) is 8.22. The fourth-order valence-electron chi connectivity index (χ4n) is 2.50. The molecule has 2 rings (SSSR count). The van der Waals surface area contributed by atoms with Crippen LogP contribution >= 0.6 is 0 Å². The van der Waals surface area contributed by atoms with Crippen molar-refractivity contribution in [3.63, 3.8) is 0 Å². The van der Waals surface area contributed by atoms with E-state index in [2.05, 4.69) is 14.9 Å². The van der Waals surface area contributed by atoms with Crippen LogP contribution in [0, 0.1) is 20.8 Å². The lowest BCUT2D eigenvalue weighted by atomic mass is 10.1. The Bertz CT molecular complexity index is 757. The molecule has 126 valence electrons. The van der Waals surface area contributed by atoms with E-state index in [1.807, 2.05) is 20.8 Å². The fourth-order valence-corrected chi connectivity index (χ4v) is 4.05. The van der Waals surface area contributed by atoms with Crippen molar-refractivity contribution in [1.82, 2.24) is 15.0 Å². The predicted molar refractivity (Wildman–Crippen MR) is 90.1 cm³/mol. The van der Waals surface area contributed by atoms with Crippen molar-refractivity contribution in [2.45, 2.75) is 45.6 Å². The lowest BCUT2D eigenvalue weighted by molar-refractivity contribution is 0.410. The number of nitrogens with zero attached hydrogens (tertiary/aromatic N) is 3. The van der Waals surface area contributed by atoms with Crippen LogP contribution in [0.25, 0.3) is 0 Å². The third-order valence-electron chi connectivity index (χ3n) is 3.68. The molecule has 2 N–H and O–H groups in total. The van der Waals surface area contributed by atoms with Crippen molar-refractivity contribution in [2.75, 3.05) is 11.8 Å². The third-order valence-corrected chi connectivity index (χ3v) is 5.35. The topological polar surface area (TPSA) is 89.3 Å². The second-order valence-corrected chi connectivity index (χ2v) is 7.09. The van der Waals surface area contributed by atoms with Crippen LogP contribution in [0.3, 0.4) is 0 Å². The van der Waals surface area contributed by atoms with E-state index in [0.29, 0.717) is 22.8 Å². The van der Waals surface area contributed by atoms with Crippen LogP contribution < -0.4 is 9.46 Å². The molecule has 0 aliphatic carbocycles. The molecule has 0 saturated carbocycles. The number of hydrogen-bond acceptors (Lipinski definition) is 4. The fraction of sp³-hybridized carbons (Fsp3) is 0.467. The Labute approximate surface area is 137 Å². The summed E-state index contributed by atoms with van der Waals surface area (Å²) in [6, 6.07) is 1.77. The van der Waals surface area contributed by atoms with Crippen molar-refractivity contribution < 1.29 is 13.5 Å². The molecule has 0 amide bonds. The number of hydrogen-bond donors (Lipinski definition) is 2. The van der Waals surface area contributed by atoms with E-state index >= 15 is 0 Å². The minimum atomic E-state index is -3.50. The van der Waals surface area contributed by atoms with Gasteiger partial charge in [-0.2, -0.15) is 19.2 Å². The molecule has 23 heavy (non-hydrogen) atoms. The molecule has 1 unspecified atom stereocenters. The standard InChI is InChI=1S/C15H22N4O3S/c1-6-7-19-16-9-14(17-19)18-23(20,21)15-10(2)8-13(22-5)11(3)12(15)4/h8-9H,6-7H2,1-5H3,(H-,17,18,20,21)/p+1. The van der Waals surface area contributed by atoms with E-state index < -0.39 is 10.4 Å². The van der Waals surface area contributed by atoms with E-state index in [1.54, 1.807) is 20.1 Å². The van der Waals surface area contributed by atoms with Gasteiger partial charge in [-0.1, -0.05) is 6.92 Å². The van der Waals surface area contributed by atoms with Crippen LogP contribution in [0.15, 0.2) is 17.2 Å². The summed E-state index contributed by atoms with van der Waals surface area (Å²) in [4.78, 5) is 1.86. The average Bonchev–Trinajstić information content (AvgIpc) is 2.89. The Balaban J connectivity index is 2.39. The molecule has 1 atom stereocenters. The minimum absolute atomic E-state index is 0.276. The molecule has 8 heteroatoms. The summed E-state index contributed by atoms with van der Waals surface area (Å²) in [6.07, 6.45) is 2.34.